The normalized spacial score (nSPS) is 14.1. The van der Waals surface area contributed by atoms with Crippen LogP contribution >= 0.6 is 0 Å². The average molecular weight is 389 g/mol. The van der Waals surface area contributed by atoms with Crippen molar-refractivity contribution in [3.05, 3.63) is 36.0 Å². The number of nitrogens with zero attached hydrogens (tertiary/aromatic N) is 1. The number of para-hydroxylation sites is 1. The first-order chi connectivity index (χ1) is 13.2. The number of aldehydes is 1. The van der Waals surface area contributed by atoms with Gasteiger partial charge in [-0.05, 0) is 19.1 Å². The highest BCUT2D eigenvalue weighted by atomic mass is 16.4. The maximum atomic E-state index is 12.6. The van der Waals surface area contributed by atoms with E-state index in [-0.39, 0.29) is 12.0 Å². The van der Waals surface area contributed by atoms with Gasteiger partial charge in [-0.2, -0.15) is 0 Å². The summed E-state index contributed by atoms with van der Waals surface area (Å²) in [5, 5.41) is 21.0. The summed E-state index contributed by atoms with van der Waals surface area (Å²) < 4.78 is 1.28. The number of aromatic nitrogens is 1. The van der Waals surface area contributed by atoms with Crippen molar-refractivity contribution in [3.63, 3.8) is 0 Å². The molecular weight excluding hydrogens is 370 g/mol. The number of nitrogens with two attached hydrogens (primary N) is 1. The first-order valence-corrected chi connectivity index (χ1v) is 8.25. The number of carbonyl (C=O) groups excluding carboxylic acids is 3. The molecular formula is C18H19N3O7. The number of amides is 1. The number of ketones is 1. The number of nitrogens with one attached hydrogen (secondary N) is 1. The first-order valence-electron chi connectivity index (χ1n) is 8.25. The van der Waals surface area contributed by atoms with Crippen molar-refractivity contribution >= 4 is 40.8 Å². The average Bonchev–Trinajstić information content (AvgIpc) is 3.00. The molecule has 0 aliphatic carbocycles. The molecule has 0 bridgehead atoms. The van der Waals surface area contributed by atoms with Crippen molar-refractivity contribution in [2.75, 3.05) is 0 Å². The lowest BCUT2D eigenvalue weighted by molar-refractivity contribution is -0.144. The maximum Gasteiger partial charge on any atom is 0.323 e. The van der Waals surface area contributed by atoms with Crippen LogP contribution in [0.1, 0.15) is 17.4 Å². The van der Waals surface area contributed by atoms with E-state index in [9.17, 15) is 24.0 Å². The molecule has 1 aromatic carbocycles. The molecule has 5 N–H and O–H groups in total. The van der Waals surface area contributed by atoms with E-state index in [1.807, 2.05) is 0 Å². The maximum absolute atomic E-state index is 12.6. The molecule has 0 spiro atoms. The lowest BCUT2D eigenvalue weighted by atomic mass is 9.93. The van der Waals surface area contributed by atoms with Crippen LogP contribution in [-0.2, 0) is 25.7 Å². The van der Waals surface area contributed by atoms with Gasteiger partial charge in [0.05, 0.1) is 6.04 Å². The molecule has 0 saturated carbocycles. The van der Waals surface area contributed by atoms with Crippen LogP contribution in [-0.4, -0.2) is 56.8 Å². The molecule has 148 valence electrons. The zero-order chi connectivity index (χ0) is 21.0. The van der Waals surface area contributed by atoms with Crippen LogP contribution in [0, 0.1) is 5.92 Å². The molecule has 2 rings (SSSR count). The minimum atomic E-state index is -1.73. The second-order valence-electron chi connectivity index (χ2n) is 6.19. The van der Waals surface area contributed by atoms with Crippen LogP contribution in [0.2, 0.25) is 0 Å². The highest BCUT2D eigenvalue weighted by Crippen LogP contribution is 2.20. The van der Waals surface area contributed by atoms with Gasteiger partial charge in [-0.25, -0.2) is 0 Å². The minimum absolute atomic E-state index is 0.00781. The standard InChI is InChI=1S/C18H19N3O7/c1-9(16(25)11(8-22)15(19)18(27)28)20-17(26)13-6-10-4-2-3-5-12(10)21(13)7-14(23)24/h2-6,8-9,11,15H,7,19H2,1H3,(H,20,26)(H,23,24)(H,27,28). The van der Waals surface area contributed by atoms with E-state index in [1.54, 1.807) is 24.3 Å². The Hall–Kier alpha value is -3.53. The first kappa shape index (κ1) is 20.8. The molecule has 1 aromatic heterocycles. The van der Waals surface area contributed by atoms with Gasteiger partial charge in [0.25, 0.3) is 5.91 Å². The zero-order valence-corrected chi connectivity index (χ0v) is 14.9. The molecule has 0 saturated heterocycles. The fourth-order valence-corrected chi connectivity index (χ4v) is 2.82. The number of Topliss-reactive ketones (excluding diaryl/α,β-unsaturated/α-hetero) is 1. The molecule has 1 amide bonds. The van der Waals surface area contributed by atoms with Crippen molar-refractivity contribution in [3.8, 4) is 0 Å². The third-order valence-corrected chi connectivity index (χ3v) is 4.26. The molecule has 2 aromatic rings. The second-order valence-corrected chi connectivity index (χ2v) is 6.19. The van der Waals surface area contributed by atoms with Crippen LogP contribution in [0.25, 0.3) is 10.9 Å². The lowest BCUT2D eigenvalue weighted by Crippen LogP contribution is -2.50. The number of fused-ring (bicyclic) bond motifs is 1. The Morgan fingerprint density at radius 3 is 2.43 bits per heavy atom. The van der Waals surface area contributed by atoms with Gasteiger partial charge in [0.2, 0.25) is 0 Å². The number of carbonyl (C=O) groups is 5. The Morgan fingerprint density at radius 1 is 1.21 bits per heavy atom. The van der Waals surface area contributed by atoms with E-state index in [0.717, 1.165) is 0 Å². The number of aliphatic carboxylic acids is 2. The predicted molar refractivity (Wildman–Crippen MR) is 96.7 cm³/mol. The molecule has 3 atom stereocenters. The van der Waals surface area contributed by atoms with Gasteiger partial charge < -0.3 is 30.6 Å². The predicted octanol–water partition coefficient (Wildman–Crippen LogP) is -0.360. The van der Waals surface area contributed by atoms with Gasteiger partial charge in [0.1, 0.15) is 30.5 Å². The molecule has 10 heteroatoms. The van der Waals surface area contributed by atoms with Crippen molar-refractivity contribution in [2.45, 2.75) is 25.6 Å². The Bertz CT molecular complexity index is 950. The minimum Gasteiger partial charge on any atom is -0.480 e. The Labute approximate surface area is 158 Å². The lowest BCUT2D eigenvalue weighted by Gasteiger charge is -2.19. The van der Waals surface area contributed by atoms with Gasteiger partial charge in [0, 0.05) is 10.9 Å². The topological polar surface area (TPSA) is 169 Å². The molecule has 0 aliphatic rings. The zero-order valence-electron chi connectivity index (χ0n) is 14.9. The van der Waals surface area contributed by atoms with E-state index in [4.69, 9.17) is 15.9 Å². The summed E-state index contributed by atoms with van der Waals surface area (Å²) in [6, 6.07) is 5.29. The summed E-state index contributed by atoms with van der Waals surface area (Å²) in [7, 11) is 0. The van der Waals surface area contributed by atoms with E-state index < -0.39 is 48.2 Å². The highest BCUT2D eigenvalue weighted by Gasteiger charge is 2.34. The van der Waals surface area contributed by atoms with Crippen LogP contribution in [0.15, 0.2) is 30.3 Å². The Balaban J connectivity index is 2.29. The SMILES string of the molecule is CC(NC(=O)c1cc2ccccc2n1CC(=O)O)C(=O)C(C=O)C(N)C(=O)O. The largest absolute Gasteiger partial charge is 0.480 e. The number of benzene rings is 1. The van der Waals surface area contributed by atoms with E-state index in [2.05, 4.69) is 5.32 Å². The number of hydrogen-bond acceptors (Lipinski definition) is 6. The summed E-state index contributed by atoms with van der Waals surface area (Å²) in [6.45, 7) is 0.814. The molecule has 1 heterocycles. The van der Waals surface area contributed by atoms with Crippen molar-refractivity contribution in [1.29, 1.82) is 0 Å². The van der Waals surface area contributed by atoms with E-state index in [1.165, 1.54) is 17.6 Å². The second kappa shape index (κ2) is 8.44. The van der Waals surface area contributed by atoms with Gasteiger partial charge in [-0.15, -0.1) is 0 Å². The van der Waals surface area contributed by atoms with Gasteiger partial charge >= 0.3 is 11.9 Å². The van der Waals surface area contributed by atoms with Crippen LogP contribution in [0.3, 0.4) is 0 Å². The summed E-state index contributed by atoms with van der Waals surface area (Å²) in [4.78, 5) is 58.2. The molecule has 0 aliphatic heterocycles. The van der Waals surface area contributed by atoms with Crippen molar-refractivity contribution in [1.82, 2.24) is 9.88 Å². The molecule has 0 radical (unpaired) electrons. The number of hydrogen-bond donors (Lipinski definition) is 4. The fraction of sp³-hybridized carbons (Fsp3) is 0.278. The van der Waals surface area contributed by atoms with Gasteiger partial charge in [-0.1, -0.05) is 18.2 Å². The fourth-order valence-electron chi connectivity index (χ4n) is 2.82. The molecule has 28 heavy (non-hydrogen) atoms. The quantitative estimate of drug-likeness (QED) is 0.333. The van der Waals surface area contributed by atoms with Crippen molar-refractivity contribution < 1.29 is 34.2 Å². The third-order valence-electron chi connectivity index (χ3n) is 4.26. The summed E-state index contributed by atoms with van der Waals surface area (Å²) in [5.74, 6) is -5.91. The van der Waals surface area contributed by atoms with Crippen LogP contribution < -0.4 is 11.1 Å². The Morgan fingerprint density at radius 2 is 1.86 bits per heavy atom. The smallest absolute Gasteiger partial charge is 0.323 e. The van der Waals surface area contributed by atoms with Gasteiger partial charge in [-0.3, -0.25) is 19.2 Å². The van der Waals surface area contributed by atoms with Crippen molar-refractivity contribution in [2.24, 2.45) is 11.7 Å². The number of carboxylic acids is 2. The van der Waals surface area contributed by atoms with E-state index >= 15 is 0 Å². The summed E-state index contributed by atoms with van der Waals surface area (Å²) in [5.41, 5.74) is 5.88. The van der Waals surface area contributed by atoms with Gasteiger partial charge in [0.15, 0.2) is 5.78 Å². The monoisotopic (exact) mass is 389 g/mol. The van der Waals surface area contributed by atoms with Crippen LogP contribution in [0.4, 0.5) is 0 Å². The molecule has 10 nitrogen and oxygen atoms in total. The summed E-state index contributed by atoms with van der Waals surface area (Å²) >= 11 is 0. The third kappa shape index (κ3) is 4.23. The Kier molecular flexibility index (Phi) is 6.26. The van der Waals surface area contributed by atoms with E-state index in [0.29, 0.717) is 10.9 Å². The molecule has 0 fully saturated rings. The van der Waals surface area contributed by atoms with Crippen LogP contribution in [0.5, 0.6) is 0 Å². The highest BCUT2D eigenvalue weighted by molar-refractivity contribution is 6.05. The number of rotatable bonds is 9. The molecule has 3 unspecified atom stereocenters. The number of carboxylic acid groups (broad SMARTS) is 2. The summed E-state index contributed by atoms with van der Waals surface area (Å²) in [6.07, 6.45) is 0.130.